The Morgan fingerprint density at radius 2 is 1.91 bits per heavy atom. The Hall–Kier alpha value is -4.71. The lowest BCUT2D eigenvalue weighted by Gasteiger charge is -2.23. The maximum Gasteiger partial charge on any atom is 0.305 e. The molecule has 3 aromatic rings. The van der Waals surface area contributed by atoms with Crippen molar-refractivity contribution in [1.29, 1.82) is 0 Å². The molecule has 2 unspecified atom stereocenters. The van der Waals surface area contributed by atoms with Gasteiger partial charge in [-0.05, 0) is 80.6 Å². The predicted molar refractivity (Wildman–Crippen MR) is 163 cm³/mol. The normalized spacial score (nSPS) is 15.9. The van der Waals surface area contributed by atoms with E-state index >= 15 is 0 Å². The number of nitrogens with one attached hydrogen (secondary N) is 4. The van der Waals surface area contributed by atoms with Gasteiger partial charge in [0, 0.05) is 25.2 Å². The maximum atomic E-state index is 13.6. The van der Waals surface area contributed by atoms with Crippen LogP contribution in [0.1, 0.15) is 55.3 Å². The van der Waals surface area contributed by atoms with Gasteiger partial charge in [-0.2, -0.15) is 5.10 Å². The van der Waals surface area contributed by atoms with Gasteiger partial charge in [0.1, 0.15) is 17.8 Å². The number of hydrogen-bond donors (Lipinski definition) is 5. The summed E-state index contributed by atoms with van der Waals surface area (Å²) >= 11 is 0. The van der Waals surface area contributed by atoms with Crippen LogP contribution in [0.15, 0.2) is 60.9 Å². The first-order valence-electron chi connectivity index (χ1n) is 14.8. The summed E-state index contributed by atoms with van der Waals surface area (Å²) in [6, 6.07) is 12.4. The second-order valence-corrected chi connectivity index (χ2v) is 11.0. The Labute approximate surface area is 256 Å². The monoisotopic (exact) mass is 604 g/mol. The molecule has 2 aromatic carbocycles. The van der Waals surface area contributed by atoms with Crippen LogP contribution in [0.4, 0.5) is 0 Å². The lowest BCUT2D eigenvalue weighted by atomic mass is 9.97. The number of aryl methyl sites for hydroxylation is 1. The fourth-order valence-corrected chi connectivity index (χ4v) is 5.11. The van der Waals surface area contributed by atoms with Crippen LogP contribution >= 0.6 is 0 Å². The topological polar surface area (TPSA) is 164 Å². The summed E-state index contributed by atoms with van der Waals surface area (Å²) in [5, 5.41) is 24.9. The molecule has 5 N–H and O–H groups in total. The predicted octanol–water partition coefficient (Wildman–Crippen LogP) is 2.40. The van der Waals surface area contributed by atoms with Crippen LogP contribution in [0.25, 0.3) is 5.69 Å². The first-order chi connectivity index (χ1) is 21.2. The van der Waals surface area contributed by atoms with E-state index in [1.54, 1.807) is 10.9 Å². The van der Waals surface area contributed by atoms with Gasteiger partial charge < -0.3 is 31.1 Å². The molecule has 3 amide bonds. The number of hydrogen-bond acceptors (Lipinski definition) is 7. The highest BCUT2D eigenvalue weighted by Crippen LogP contribution is 2.21. The minimum atomic E-state index is -1.37. The van der Waals surface area contributed by atoms with Crippen molar-refractivity contribution in [3.05, 3.63) is 77.6 Å². The summed E-state index contributed by atoms with van der Waals surface area (Å²) in [5.74, 6) is -1.87. The molecule has 12 nitrogen and oxygen atoms in total. The van der Waals surface area contributed by atoms with Gasteiger partial charge >= 0.3 is 5.97 Å². The van der Waals surface area contributed by atoms with E-state index in [0.717, 1.165) is 36.3 Å². The summed E-state index contributed by atoms with van der Waals surface area (Å²) in [7, 11) is 0. The molecule has 4 rings (SSSR count). The van der Waals surface area contributed by atoms with Crippen LogP contribution in [0.2, 0.25) is 0 Å². The quantitative estimate of drug-likeness (QED) is 0.187. The van der Waals surface area contributed by atoms with E-state index in [4.69, 9.17) is 4.74 Å². The summed E-state index contributed by atoms with van der Waals surface area (Å²) in [4.78, 5) is 49.8. The van der Waals surface area contributed by atoms with Crippen LogP contribution < -0.4 is 26.0 Å². The first kappa shape index (κ1) is 32.2. The standard InChI is InChI=1S/C32H40N6O6/c1-21-10-11-27(44-14-12-23-7-6-13-33-17-23)15-24(21)18-34-32(43)30(37-31(42)28(16-29(40)41)36-22(2)39)25-19-35-38(20-25)26-8-4-3-5-9-26/h3-5,8-11,15,19-20,23,28,30,33H,6-7,12-14,16-18H2,1-2H3,(H,34,43)(H,36,39)(H,37,42)(H,40,41)/t23?,28-,30?/m0/s1. The molecule has 12 heteroatoms. The molecule has 1 saturated heterocycles. The van der Waals surface area contributed by atoms with Gasteiger partial charge in [-0.3, -0.25) is 19.2 Å². The van der Waals surface area contributed by atoms with E-state index in [2.05, 4.69) is 26.4 Å². The van der Waals surface area contributed by atoms with E-state index in [9.17, 15) is 24.3 Å². The number of carboxylic acids is 1. The van der Waals surface area contributed by atoms with Crippen molar-refractivity contribution >= 4 is 23.7 Å². The summed E-state index contributed by atoms with van der Waals surface area (Å²) < 4.78 is 7.59. The van der Waals surface area contributed by atoms with Crippen LogP contribution in [0, 0.1) is 12.8 Å². The Kier molecular flexibility index (Phi) is 11.5. The Bertz CT molecular complexity index is 1420. The number of aromatic nitrogens is 2. The van der Waals surface area contributed by atoms with Crippen LogP contribution in [-0.2, 0) is 25.7 Å². The van der Waals surface area contributed by atoms with Crippen molar-refractivity contribution in [2.45, 2.75) is 58.2 Å². The molecule has 0 bridgehead atoms. The first-order valence-corrected chi connectivity index (χ1v) is 14.8. The number of ether oxygens (including phenoxy) is 1. The van der Waals surface area contributed by atoms with Gasteiger partial charge in [0.15, 0.2) is 0 Å². The van der Waals surface area contributed by atoms with Crippen molar-refractivity contribution in [3.8, 4) is 11.4 Å². The number of nitrogens with zero attached hydrogens (tertiary/aromatic N) is 2. The largest absolute Gasteiger partial charge is 0.494 e. The number of aliphatic carboxylic acids is 1. The molecule has 1 aliphatic rings. The Morgan fingerprint density at radius 3 is 2.61 bits per heavy atom. The molecule has 1 fully saturated rings. The van der Waals surface area contributed by atoms with E-state index in [1.165, 1.54) is 26.0 Å². The number of piperidine rings is 1. The molecule has 1 aromatic heterocycles. The van der Waals surface area contributed by atoms with Gasteiger partial charge in [-0.15, -0.1) is 0 Å². The van der Waals surface area contributed by atoms with E-state index < -0.39 is 42.2 Å². The number of carboxylic acid groups (broad SMARTS) is 1. The lowest BCUT2D eigenvalue weighted by molar-refractivity contribution is -0.140. The van der Waals surface area contributed by atoms with Gasteiger partial charge in [0.25, 0.3) is 0 Å². The lowest BCUT2D eigenvalue weighted by Crippen LogP contribution is -2.50. The van der Waals surface area contributed by atoms with Crippen molar-refractivity contribution in [1.82, 2.24) is 31.0 Å². The zero-order valence-electron chi connectivity index (χ0n) is 25.0. The van der Waals surface area contributed by atoms with Crippen LogP contribution in [0.3, 0.4) is 0 Å². The molecule has 0 spiro atoms. The highest BCUT2D eigenvalue weighted by atomic mass is 16.5. The molecule has 0 radical (unpaired) electrons. The highest BCUT2D eigenvalue weighted by molar-refractivity contribution is 5.94. The van der Waals surface area contributed by atoms with Crippen molar-refractivity contribution in [2.75, 3.05) is 19.7 Å². The average molecular weight is 605 g/mol. The smallest absolute Gasteiger partial charge is 0.305 e. The van der Waals surface area contributed by atoms with Gasteiger partial charge in [-0.25, -0.2) is 4.68 Å². The number of amides is 3. The van der Waals surface area contributed by atoms with E-state index in [-0.39, 0.29) is 6.54 Å². The van der Waals surface area contributed by atoms with Crippen molar-refractivity contribution in [2.24, 2.45) is 5.92 Å². The molecule has 2 heterocycles. The molecule has 3 atom stereocenters. The third-order valence-electron chi connectivity index (χ3n) is 7.55. The zero-order valence-corrected chi connectivity index (χ0v) is 25.0. The van der Waals surface area contributed by atoms with Crippen molar-refractivity contribution < 1.29 is 29.0 Å². The SMILES string of the molecule is CC(=O)N[C@@H](CC(=O)O)C(=O)NC(C(=O)NCc1cc(OCCC2CCCNC2)ccc1C)c1cnn(-c2ccccc2)c1. The number of carbonyl (C=O) groups excluding carboxylic acids is 3. The Morgan fingerprint density at radius 1 is 1.11 bits per heavy atom. The van der Waals surface area contributed by atoms with Crippen LogP contribution in [-0.4, -0.2) is 64.3 Å². The molecule has 234 valence electrons. The fraction of sp³-hybridized carbons (Fsp3) is 0.406. The molecule has 44 heavy (non-hydrogen) atoms. The minimum Gasteiger partial charge on any atom is -0.494 e. The van der Waals surface area contributed by atoms with Gasteiger partial charge in [-0.1, -0.05) is 24.3 Å². The van der Waals surface area contributed by atoms with Gasteiger partial charge in [0.05, 0.1) is 24.9 Å². The number of para-hydroxylation sites is 1. The number of carbonyl (C=O) groups is 4. The van der Waals surface area contributed by atoms with Gasteiger partial charge in [0.2, 0.25) is 17.7 Å². The second-order valence-electron chi connectivity index (χ2n) is 11.0. The third-order valence-corrected chi connectivity index (χ3v) is 7.55. The zero-order chi connectivity index (χ0) is 31.5. The average Bonchev–Trinajstić information content (AvgIpc) is 3.50. The Balaban J connectivity index is 1.48. The number of benzene rings is 2. The van der Waals surface area contributed by atoms with Crippen LogP contribution in [0.5, 0.6) is 5.75 Å². The summed E-state index contributed by atoms with van der Waals surface area (Å²) in [6.45, 7) is 5.97. The molecular formula is C32H40N6O6. The minimum absolute atomic E-state index is 0.165. The summed E-state index contributed by atoms with van der Waals surface area (Å²) in [5.41, 5.74) is 2.93. The maximum absolute atomic E-state index is 13.6. The fourth-order valence-electron chi connectivity index (χ4n) is 5.11. The molecule has 0 saturated carbocycles. The third kappa shape index (κ3) is 9.40. The number of rotatable bonds is 14. The van der Waals surface area contributed by atoms with Crippen molar-refractivity contribution in [3.63, 3.8) is 0 Å². The van der Waals surface area contributed by atoms with E-state index in [1.807, 2.05) is 55.5 Å². The molecule has 1 aliphatic heterocycles. The summed E-state index contributed by atoms with van der Waals surface area (Å²) in [6.07, 6.45) is 5.78. The second kappa shape index (κ2) is 15.7. The van der Waals surface area contributed by atoms with E-state index in [0.29, 0.717) is 23.8 Å². The highest BCUT2D eigenvalue weighted by Gasteiger charge is 2.30. The molecule has 0 aliphatic carbocycles. The molecular weight excluding hydrogens is 564 g/mol.